The van der Waals surface area contributed by atoms with Gasteiger partial charge in [0.25, 0.3) is 0 Å². The highest BCUT2D eigenvalue weighted by Crippen LogP contribution is 2.46. The number of hydrogen-bond donors (Lipinski definition) is 1. The van der Waals surface area contributed by atoms with Crippen LogP contribution in [0, 0.1) is 17.3 Å². The van der Waals surface area contributed by atoms with Gasteiger partial charge < -0.3 is 5.32 Å². The minimum atomic E-state index is 0.198. The van der Waals surface area contributed by atoms with Crippen molar-refractivity contribution in [2.24, 2.45) is 17.3 Å². The molecule has 1 aromatic rings. The van der Waals surface area contributed by atoms with Crippen molar-refractivity contribution in [3.63, 3.8) is 0 Å². The van der Waals surface area contributed by atoms with Gasteiger partial charge in [0.1, 0.15) is 0 Å². The van der Waals surface area contributed by atoms with Crippen LogP contribution in [0.1, 0.15) is 52.0 Å². The Morgan fingerprint density at radius 1 is 1.30 bits per heavy atom. The number of nitrogens with one attached hydrogen (secondary N) is 1. The molecule has 0 spiro atoms. The topological polar surface area (TPSA) is 29.1 Å². The summed E-state index contributed by atoms with van der Waals surface area (Å²) >= 11 is 0. The zero-order valence-electron chi connectivity index (χ0n) is 13.1. The number of amides is 1. The van der Waals surface area contributed by atoms with E-state index in [-0.39, 0.29) is 11.3 Å². The van der Waals surface area contributed by atoms with Gasteiger partial charge in [0.15, 0.2) is 0 Å². The molecule has 1 aromatic carbocycles. The Labute approximate surface area is 123 Å². The fourth-order valence-electron chi connectivity index (χ4n) is 2.48. The van der Waals surface area contributed by atoms with Crippen LogP contribution in [0.2, 0.25) is 0 Å². The Morgan fingerprint density at radius 3 is 2.55 bits per heavy atom. The molecule has 0 aliphatic heterocycles. The van der Waals surface area contributed by atoms with Crippen molar-refractivity contribution in [1.29, 1.82) is 0 Å². The molecule has 1 N–H and O–H groups in total. The normalized spacial score (nSPS) is 23.2. The standard InChI is InChI=1S/C18H27NO/c1-13(18(2,3)4)10-17(20)19-12-15-11-16(15)14-8-6-5-7-9-14/h5-9,13,15-16H,10-12H2,1-4H3,(H,19,20). The fraction of sp³-hybridized carbons (Fsp3) is 0.611. The summed E-state index contributed by atoms with van der Waals surface area (Å²) in [6, 6.07) is 10.6. The Bertz CT molecular complexity index is 446. The van der Waals surface area contributed by atoms with E-state index in [1.165, 1.54) is 12.0 Å². The van der Waals surface area contributed by atoms with Gasteiger partial charge in [-0.3, -0.25) is 4.79 Å². The van der Waals surface area contributed by atoms with Crippen molar-refractivity contribution in [2.45, 2.75) is 46.5 Å². The van der Waals surface area contributed by atoms with Crippen LogP contribution in [0.5, 0.6) is 0 Å². The van der Waals surface area contributed by atoms with Crippen molar-refractivity contribution in [2.75, 3.05) is 6.54 Å². The van der Waals surface area contributed by atoms with Gasteiger partial charge in [-0.2, -0.15) is 0 Å². The molecule has 2 heteroatoms. The van der Waals surface area contributed by atoms with Gasteiger partial charge in [-0.25, -0.2) is 0 Å². The maximum atomic E-state index is 12.0. The predicted octanol–water partition coefficient (Wildman–Crippen LogP) is 3.98. The highest BCUT2D eigenvalue weighted by atomic mass is 16.1. The van der Waals surface area contributed by atoms with Crippen LogP contribution >= 0.6 is 0 Å². The smallest absolute Gasteiger partial charge is 0.220 e. The molecule has 0 saturated heterocycles. The lowest BCUT2D eigenvalue weighted by atomic mass is 9.80. The molecule has 1 saturated carbocycles. The largest absolute Gasteiger partial charge is 0.356 e. The molecule has 1 aliphatic rings. The summed E-state index contributed by atoms with van der Waals surface area (Å²) in [5.74, 6) is 1.89. The van der Waals surface area contributed by atoms with Gasteiger partial charge in [0, 0.05) is 13.0 Å². The Balaban J connectivity index is 1.71. The van der Waals surface area contributed by atoms with E-state index >= 15 is 0 Å². The van der Waals surface area contributed by atoms with Crippen LogP contribution in [0.4, 0.5) is 0 Å². The average Bonchev–Trinajstić information content (AvgIpc) is 3.16. The van der Waals surface area contributed by atoms with Crippen molar-refractivity contribution in [3.05, 3.63) is 35.9 Å². The summed E-state index contributed by atoms with van der Waals surface area (Å²) in [6.07, 6.45) is 1.84. The van der Waals surface area contributed by atoms with Crippen LogP contribution < -0.4 is 5.32 Å². The first-order valence-electron chi connectivity index (χ1n) is 7.69. The number of benzene rings is 1. The van der Waals surface area contributed by atoms with Gasteiger partial charge in [-0.05, 0) is 35.2 Å². The van der Waals surface area contributed by atoms with Crippen LogP contribution in [-0.4, -0.2) is 12.5 Å². The lowest BCUT2D eigenvalue weighted by molar-refractivity contribution is -0.122. The SMILES string of the molecule is CC(CC(=O)NCC1CC1c1ccccc1)C(C)(C)C. The first-order chi connectivity index (χ1) is 9.38. The summed E-state index contributed by atoms with van der Waals surface area (Å²) in [5, 5.41) is 3.11. The maximum absolute atomic E-state index is 12.0. The molecule has 0 aromatic heterocycles. The highest BCUT2D eigenvalue weighted by Gasteiger charge is 2.38. The van der Waals surface area contributed by atoms with Crippen LogP contribution in [0.25, 0.3) is 0 Å². The molecular weight excluding hydrogens is 246 g/mol. The predicted molar refractivity (Wildman–Crippen MR) is 83.5 cm³/mol. The molecule has 2 rings (SSSR count). The number of carbonyl (C=O) groups is 1. The van der Waals surface area contributed by atoms with Crippen molar-refractivity contribution >= 4 is 5.91 Å². The molecule has 1 amide bonds. The summed E-state index contributed by atoms with van der Waals surface area (Å²) in [5.41, 5.74) is 1.61. The summed E-state index contributed by atoms with van der Waals surface area (Å²) < 4.78 is 0. The highest BCUT2D eigenvalue weighted by molar-refractivity contribution is 5.76. The van der Waals surface area contributed by atoms with E-state index in [4.69, 9.17) is 0 Å². The third-order valence-electron chi connectivity index (χ3n) is 4.68. The first-order valence-corrected chi connectivity index (χ1v) is 7.69. The van der Waals surface area contributed by atoms with Gasteiger partial charge in [0.05, 0.1) is 0 Å². The van der Waals surface area contributed by atoms with Gasteiger partial charge >= 0.3 is 0 Å². The van der Waals surface area contributed by atoms with Crippen molar-refractivity contribution in [1.82, 2.24) is 5.32 Å². The van der Waals surface area contributed by atoms with Gasteiger partial charge in [-0.15, -0.1) is 0 Å². The molecule has 3 unspecified atom stereocenters. The van der Waals surface area contributed by atoms with Gasteiger partial charge in [0.2, 0.25) is 5.91 Å². The second-order valence-electron chi connectivity index (χ2n) is 7.29. The quantitative estimate of drug-likeness (QED) is 0.864. The van der Waals surface area contributed by atoms with Crippen LogP contribution in [0.3, 0.4) is 0 Å². The Morgan fingerprint density at radius 2 is 1.95 bits per heavy atom. The molecule has 0 heterocycles. The Kier molecular flexibility index (Phi) is 4.52. The first kappa shape index (κ1) is 15.1. The van der Waals surface area contributed by atoms with Crippen LogP contribution in [-0.2, 0) is 4.79 Å². The maximum Gasteiger partial charge on any atom is 0.220 e. The average molecular weight is 273 g/mol. The fourth-order valence-corrected chi connectivity index (χ4v) is 2.48. The second kappa shape index (κ2) is 5.99. The molecule has 0 radical (unpaired) electrons. The third kappa shape index (κ3) is 4.09. The van der Waals surface area contributed by atoms with E-state index in [1.807, 2.05) is 0 Å². The third-order valence-corrected chi connectivity index (χ3v) is 4.68. The molecule has 0 bridgehead atoms. The van der Waals surface area contributed by atoms with E-state index in [0.717, 1.165) is 6.54 Å². The van der Waals surface area contributed by atoms with E-state index in [0.29, 0.717) is 24.2 Å². The second-order valence-corrected chi connectivity index (χ2v) is 7.29. The molecule has 20 heavy (non-hydrogen) atoms. The lowest BCUT2D eigenvalue weighted by Crippen LogP contribution is -2.30. The Hall–Kier alpha value is -1.31. The van der Waals surface area contributed by atoms with Crippen LogP contribution in [0.15, 0.2) is 30.3 Å². The summed E-state index contributed by atoms with van der Waals surface area (Å²) in [7, 11) is 0. The molecule has 1 fully saturated rings. The molecular formula is C18H27NO. The zero-order valence-corrected chi connectivity index (χ0v) is 13.1. The minimum Gasteiger partial charge on any atom is -0.356 e. The van der Waals surface area contributed by atoms with E-state index in [1.54, 1.807) is 0 Å². The summed E-state index contributed by atoms with van der Waals surface area (Å²) in [6.45, 7) is 9.56. The lowest BCUT2D eigenvalue weighted by Gasteiger charge is -2.26. The van der Waals surface area contributed by atoms with Crippen molar-refractivity contribution < 1.29 is 4.79 Å². The van der Waals surface area contributed by atoms with E-state index in [9.17, 15) is 4.79 Å². The number of rotatable bonds is 5. The number of carbonyl (C=O) groups excluding carboxylic acids is 1. The molecule has 2 nitrogen and oxygen atoms in total. The van der Waals surface area contributed by atoms with E-state index in [2.05, 4.69) is 63.3 Å². The minimum absolute atomic E-state index is 0.198. The van der Waals surface area contributed by atoms with E-state index < -0.39 is 0 Å². The molecule has 110 valence electrons. The monoisotopic (exact) mass is 273 g/mol. The number of hydrogen-bond acceptors (Lipinski definition) is 1. The summed E-state index contributed by atoms with van der Waals surface area (Å²) in [4.78, 5) is 12.0. The molecule has 3 atom stereocenters. The van der Waals surface area contributed by atoms with Crippen molar-refractivity contribution in [3.8, 4) is 0 Å². The van der Waals surface area contributed by atoms with Gasteiger partial charge in [-0.1, -0.05) is 58.0 Å². The zero-order chi connectivity index (χ0) is 14.8. The molecule has 1 aliphatic carbocycles.